The molecule has 0 bridgehead atoms. The number of allylic oxidation sites excluding steroid dienone is 1. The molecule has 0 radical (unpaired) electrons. The summed E-state index contributed by atoms with van der Waals surface area (Å²) in [6.07, 6.45) is 8.59. The average molecular weight is 493 g/mol. The van der Waals surface area contributed by atoms with Crippen LogP contribution < -0.4 is 11.5 Å². The van der Waals surface area contributed by atoms with Gasteiger partial charge in [-0.1, -0.05) is 73.8 Å². The van der Waals surface area contributed by atoms with E-state index in [-0.39, 0.29) is 17.8 Å². The number of hydrogen-bond acceptors (Lipinski definition) is 5. The minimum atomic E-state index is -0.000845. The van der Waals surface area contributed by atoms with Crippen LogP contribution in [0.1, 0.15) is 52.9 Å². The molecule has 3 aromatic rings. The summed E-state index contributed by atoms with van der Waals surface area (Å²) >= 11 is 8.16. The van der Waals surface area contributed by atoms with Gasteiger partial charge in [-0.2, -0.15) is 0 Å². The molecule has 4 rings (SSSR count). The minimum absolute atomic E-state index is 0.000845. The van der Waals surface area contributed by atoms with Crippen LogP contribution in [0.3, 0.4) is 0 Å². The largest absolute Gasteiger partial charge is 0.404 e. The van der Waals surface area contributed by atoms with Gasteiger partial charge in [0.15, 0.2) is 0 Å². The van der Waals surface area contributed by atoms with Crippen LogP contribution in [0.15, 0.2) is 72.1 Å². The summed E-state index contributed by atoms with van der Waals surface area (Å²) in [5, 5.41) is 1.48. The van der Waals surface area contributed by atoms with E-state index in [0.717, 1.165) is 52.5 Å². The summed E-state index contributed by atoms with van der Waals surface area (Å²) in [5.74, 6) is 0.212. The van der Waals surface area contributed by atoms with Crippen molar-refractivity contribution in [1.82, 2.24) is 4.90 Å². The predicted octanol–water partition coefficient (Wildman–Crippen LogP) is 6.33. The van der Waals surface area contributed by atoms with Crippen molar-refractivity contribution >= 4 is 50.7 Å². The van der Waals surface area contributed by atoms with Gasteiger partial charge in [0.05, 0.1) is 5.02 Å². The lowest BCUT2D eigenvalue weighted by molar-refractivity contribution is 0.0619. The topological polar surface area (TPSA) is 84.7 Å². The van der Waals surface area contributed by atoms with Crippen LogP contribution in [0.25, 0.3) is 15.7 Å². The van der Waals surface area contributed by atoms with Gasteiger partial charge in [0.1, 0.15) is 10.7 Å². The number of thiophene rings is 1. The molecule has 1 aromatic heterocycles. The highest BCUT2D eigenvalue weighted by Crippen LogP contribution is 2.37. The van der Waals surface area contributed by atoms with E-state index in [1.807, 2.05) is 53.4 Å². The molecule has 0 atom stereocenters. The van der Waals surface area contributed by atoms with Crippen molar-refractivity contribution in [3.63, 3.8) is 0 Å². The maximum Gasteiger partial charge on any atom is 0.266 e. The third kappa shape index (κ3) is 5.34. The number of amides is 1. The second kappa shape index (κ2) is 10.9. The van der Waals surface area contributed by atoms with Gasteiger partial charge >= 0.3 is 0 Å². The van der Waals surface area contributed by atoms with Gasteiger partial charge in [-0.25, -0.2) is 4.99 Å². The minimum Gasteiger partial charge on any atom is -0.404 e. The summed E-state index contributed by atoms with van der Waals surface area (Å²) < 4.78 is 1.03. The Morgan fingerprint density at radius 1 is 1.18 bits per heavy atom. The number of halogens is 1. The van der Waals surface area contributed by atoms with Gasteiger partial charge in [-0.05, 0) is 36.1 Å². The molecule has 5 nitrogen and oxygen atoms in total. The van der Waals surface area contributed by atoms with E-state index in [2.05, 4.69) is 11.6 Å². The van der Waals surface area contributed by atoms with Crippen LogP contribution in [-0.4, -0.2) is 23.1 Å². The third-order valence-corrected chi connectivity index (χ3v) is 7.83. The summed E-state index contributed by atoms with van der Waals surface area (Å²) in [6.45, 7) is 4.09. The van der Waals surface area contributed by atoms with Crippen LogP contribution >= 0.6 is 22.9 Å². The second-order valence-electron chi connectivity index (χ2n) is 8.54. The molecular formula is C27H29ClN4OS. The van der Waals surface area contributed by atoms with E-state index < -0.39 is 0 Å². The highest BCUT2D eigenvalue weighted by molar-refractivity contribution is 7.21. The molecule has 1 saturated carbocycles. The van der Waals surface area contributed by atoms with E-state index in [0.29, 0.717) is 16.4 Å². The zero-order chi connectivity index (χ0) is 24.1. The van der Waals surface area contributed by atoms with Crippen LogP contribution in [0.5, 0.6) is 0 Å². The molecule has 0 saturated heterocycles. The van der Waals surface area contributed by atoms with Gasteiger partial charge in [0.25, 0.3) is 5.91 Å². The number of carbonyl (C=O) groups is 1. The van der Waals surface area contributed by atoms with Gasteiger partial charge in [0, 0.05) is 40.7 Å². The van der Waals surface area contributed by atoms with Crippen molar-refractivity contribution in [3.05, 3.63) is 88.2 Å². The molecule has 176 valence electrons. The molecule has 7 heteroatoms. The van der Waals surface area contributed by atoms with Gasteiger partial charge in [0.2, 0.25) is 0 Å². The third-order valence-electron chi connectivity index (χ3n) is 6.17. The van der Waals surface area contributed by atoms with E-state index in [1.54, 1.807) is 6.21 Å². The maximum atomic E-state index is 13.9. The van der Waals surface area contributed by atoms with Crippen molar-refractivity contribution < 1.29 is 4.79 Å². The SMILES string of the molecule is C=C(N)N=C/C(=C\N)c1cccc(CN(C(=O)c2sc3ccccc3c2Cl)C2CCCCC2)c1. The monoisotopic (exact) mass is 492 g/mol. The maximum absolute atomic E-state index is 13.9. The number of nitrogens with zero attached hydrogens (tertiary/aromatic N) is 2. The van der Waals surface area contributed by atoms with Crippen molar-refractivity contribution in [3.8, 4) is 0 Å². The molecule has 1 aliphatic carbocycles. The van der Waals surface area contributed by atoms with Crippen LogP contribution in [0.4, 0.5) is 0 Å². The molecule has 34 heavy (non-hydrogen) atoms. The number of benzene rings is 2. The van der Waals surface area contributed by atoms with Crippen LogP contribution in [-0.2, 0) is 6.54 Å². The lowest BCUT2D eigenvalue weighted by atomic mass is 9.93. The Bertz CT molecular complexity index is 1260. The van der Waals surface area contributed by atoms with Crippen molar-refractivity contribution in [2.24, 2.45) is 16.5 Å². The fraction of sp³-hybridized carbons (Fsp3) is 0.259. The first-order valence-corrected chi connectivity index (χ1v) is 12.6. The zero-order valence-corrected chi connectivity index (χ0v) is 20.6. The number of carbonyl (C=O) groups excluding carboxylic acids is 1. The molecule has 0 spiro atoms. The Morgan fingerprint density at radius 2 is 1.94 bits per heavy atom. The zero-order valence-electron chi connectivity index (χ0n) is 19.0. The van der Waals surface area contributed by atoms with E-state index in [1.165, 1.54) is 24.0 Å². The smallest absolute Gasteiger partial charge is 0.266 e. The Morgan fingerprint density at radius 3 is 2.65 bits per heavy atom. The molecule has 2 aromatic carbocycles. The second-order valence-corrected chi connectivity index (χ2v) is 9.97. The van der Waals surface area contributed by atoms with Crippen LogP contribution in [0, 0.1) is 0 Å². The molecule has 4 N–H and O–H groups in total. The normalized spacial score (nSPS) is 15.1. The number of nitrogens with two attached hydrogens (primary N) is 2. The van der Waals surface area contributed by atoms with Crippen molar-refractivity contribution in [1.29, 1.82) is 0 Å². The average Bonchev–Trinajstić information content (AvgIpc) is 3.20. The Balaban J connectivity index is 1.66. The fourth-order valence-electron chi connectivity index (χ4n) is 4.45. The standard InChI is InChI=1S/C27H29ClN4OS/c1-18(30)31-16-21(15-29)20-9-7-8-19(14-20)17-32(22-10-3-2-4-11-22)27(33)26-25(28)23-12-5-6-13-24(23)34-26/h5-9,12-16,22H,1-4,10-11,17,29-30H2/b21-15+,31-16?. The summed E-state index contributed by atoms with van der Waals surface area (Å²) in [6, 6.07) is 16.1. The number of hydrogen-bond donors (Lipinski definition) is 2. The van der Waals surface area contributed by atoms with E-state index >= 15 is 0 Å². The first-order valence-electron chi connectivity index (χ1n) is 11.5. The molecule has 1 amide bonds. The number of aliphatic imine (C=N–C) groups is 1. The van der Waals surface area contributed by atoms with Gasteiger partial charge < -0.3 is 16.4 Å². The van der Waals surface area contributed by atoms with Crippen molar-refractivity contribution in [2.75, 3.05) is 0 Å². The first-order chi connectivity index (χ1) is 16.5. The predicted molar refractivity (Wildman–Crippen MR) is 144 cm³/mol. The summed E-state index contributed by atoms with van der Waals surface area (Å²) in [4.78, 5) is 20.6. The van der Waals surface area contributed by atoms with Gasteiger partial charge in [-0.3, -0.25) is 4.79 Å². The Hall–Kier alpha value is -3.09. The van der Waals surface area contributed by atoms with Gasteiger partial charge in [-0.15, -0.1) is 11.3 Å². The van der Waals surface area contributed by atoms with Crippen LogP contribution in [0.2, 0.25) is 5.02 Å². The first kappa shape index (κ1) is 24.0. The highest BCUT2D eigenvalue weighted by atomic mass is 35.5. The molecule has 1 heterocycles. The van der Waals surface area contributed by atoms with E-state index in [4.69, 9.17) is 23.1 Å². The Labute approximate surface area is 209 Å². The Kier molecular flexibility index (Phi) is 7.70. The highest BCUT2D eigenvalue weighted by Gasteiger charge is 2.29. The summed E-state index contributed by atoms with van der Waals surface area (Å²) in [5.41, 5.74) is 14.1. The quantitative estimate of drug-likeness (QED) is 0.378. The molecule has 1 aliphatic rings. The fourth-order valence-corrected chi connectivity index (χ4v) is 5.92. The molecular weight excluding hydrogens is 464 g/mol. The number of fused-ring (bicyclic) bond motifs is 1. The lowest BCUT2D eigenvalue weighted by Crippen LogP contribution is -2.40. The van der Waals surface area contributed by atoms with Crippen molar-refractivity contribution in [2.45, 2.75) is 44.7 Å². The molecule has 0 unspecified atom stereocenters. The molecule has 1 fully saturated rings. The van der Waals surface area contributed by atoms with E-state index in [9.17, 15) is 4.79 Å². The lowest BCUT2D eigenvalue weighted by Gasteiger charge is -2.34. The molecule has 0 aliphatic heterocycles. The number of rotatable bonds is 7. The summed E-state index contributed by atoms with van der Waals surface area (Å²) in [7, 11) is 0.